The Labute approximate surface area is 70.1 Å². The molecule has 1 heterocycles. The van der Waals surface area contributed by atoms with Crippen molar-refractivity contribution in [3.63, 3.8) is 0 Å². The van der Waals surface area contributed by atoms with E-state index in [1.54, 1.807) is 18.3 Å². The summed E-state index contributed by atoms with van der Waals surface area (Å²) in [6.07, 6.45) is 1.56. The molecule has 0 unspecified atom stereocenters. The van der Waals surface area contributed by atoms with E-state index in [1.807, 2.05) is 0 Å². The van der Waals surface area contributed by atoms with Crippen LogP contribution in [0.5, 0.6) is 0 Å². The Balaban J connectivity index is 2.77. The largest absolute Gasteiger partial charge is 0.452 e. The van der Waals surface area contributed by atoms with Crippen molar-refractivity contribution in [2.75, 3.05) is 6.67 Å². The zero-order chi connectivity index (χ0) is 8.97. The van der Waals surface area contributed by atoms with Gasteiger partial charge in [-0.15, -0.1) is 0 Å². The van der Waals surface area contributed by atoms with E-state index in [-0.39, 0.29) is 5.78 Å². The molecule has 0 amide bonds. The minimum absolute atomic E-state index is 0.0794. The Hall–Kier alpha value is -1.42. The van der Waals surface area contributed by atoms with E-state index in [0.717, 1.165) is 0 Å². The van der Waals surface area contributed by atoms with Gasteiger partial charge in [0.25, 0.3) is 0 Å². The lowest BCUT2D eigenvalue weighted by Gasteiger charge is -1.85. The zero-order valence-corrected chi connectivity index (χ0v) is 6.91. The normalized spacial score (nSPS) is 10.8. The number of rotatable bonds is 3. The van der Waals surface area contributed by atoms with Crippen LogP contribution in [0.15, 0.2) is 21.5 Å². The molecule has 0 aromatic carbocycles. The van der Waals surface area contributed by atoms with E-state index in [0.29, 0.717) is 18.2 Å². The molecule has 4 nitrogen and oxygen atoms in total. The molecule has 0 atom stereocenters. The van der Waals surface area contributed by atoms with Crippen LogP contribution in [0.3, 0.4) is 0 Å². The molecular weight excluding hydrogens is 156 g/mol. The van der Waals surface area contributed by atoms with E-state index < -0.39 is 0 Å². The van der Waals surface area contributed by atoms with Crippen molar-refractivity contribution in [1.82, 2.24) is 0 Å². The lowest BCUT2D eigenvalue weighted by atomic mass is 10.3. The maximum absolute atomic E-state index is 10.8. The molecule has 12 heavy (non-hydrogen) atoms. The number of ketones is 1. The first-order valence-corrected chi connectivity index (χ1v) is 3.64. The molecule has 0 radical (unpaired) electrons. The predicted molar refractivity (Wildman–Crippen MR) is 44.1 cm³/mol. The summed E-state index contributed by atoms with van der Waals surface area (Å²) in [4.78, 5) is 14.7. The molecule has 1 rings (SSSR count). The average molecular weight is 167 g/mol. The smallest absolute Gasteiger partial charge is 0.194 e. The third kappa shape index (κ3) is 2.03. The maximum Gasteiger partial charge on any atom is 0.194 e. The van der Waals surface area contributed by atoms with Crippen LogP contribution < -0.4 is 5.73 Å². The first kappa shape index (κ1) is 8.67. The summed E-state index contributed by atoms with van der Waals surface area (Å²) < 4.78 is 5.12. The number of hydrogen-bond donors (Lipinski definition) is 1. The fourth-order valence-electron chi connectivity index (χ4n) is 0.766. The number of quaternary nitrogens is 1. The number of carbonyl (C=O) groups is 1. The van der Waals surface area contributed by atoms with Gasteiger partial charge in [0.1, 0.15) is 5.76 Å². The second-order valence-corrected chi connectivity index (χ2v) is 2.29. The maximum atomic E-state index is 10.8. The molecule has 4 heteroatoms. The highest BCUT2D eigenvalue weighted by Crippen LogP contribution is 2.05. The van der Waals surface area contributed by atoms with Crippen LogP contribution >= 0.6 is 0 Å². The van der Waals surface area contributed by atoms with Gasteiger partial charge in [-0.2, -0.15) is 0 Å². The van der Waals surface area contributed by atoms with Crippen LogP contribution in [0, 0.1) is 0 Å². The minimum atomic E-state index is -0.0794. The molecule has 0 saturated carbocycles. The summed E-state index contributed by atoms with van der Waals surface area (Å²) in [5, 5.41) is 0. The second-order valence-electron chi connectivity index (χ2n) is 2.29. The van der Waals surface area contributed by atoms with E-state index in [4.69, 9.17) is 4.42 Å². The van der Waals surface area contributed by atoms with Gasteiger partial charge in [0, 0.05) is 6.92 Å². The third-order valence-corrected chi connectivity index (χ3v) is 1.32. The van der Waals surface area contributed by atoms with Gasteiger partial charge in [-0.3, -0.25) is 4.79 Å². The number of Topliss-reactive ketones (excluding diaryl/α,β-unsaturated/α-hetero) is 1. The Morgan fingerprint density at radius 2 is 2.50 bits per heavy atom. The summed E-state index contributed by atoms with van der Waals surface area (Å²) in [5.74, 6) is 0.869. The molecule has 1 aromatic rings. The van der Waals surface area contributed by atoms with Crippen molar-refractivity contribution < 1.29 is 14.9 Å². The number of nitrogens with zero attached hydrogens (tertiary/aromatic N) is 1. The second kappa shape index (κ2) is 3.82. The average Bonchev–Trinajstić information content (AvgIpc) is 2.48. The summed E-state index contributed by atoms with van der Waals surface area (Å²) >= 11 is 0. The van der Waals surface area contributed by atoms with E-state index in [9.17, 15) is 4.79 Å². The van der Waals surface area contributed by atoms with Gasteiger partial charge >= 0.3 is 0 Å². The van der Waals surface area contributed by atoms with Gasteiger partial charge in [0.05, 0.1) is 6.21 Å². The van der Waals surface area contributed by atoms with E-state index in [1.165, 1.54) is 6.92 Å². The highest BCUT2D eigenvalue weighted by Gasteiger charge is 2.03. The molecule has 3 N–H and O–H groups in total. The lowest BCUT2D eigenvalue weighted by molar-refractivity contribution is -0.364. The van der Waals surface area contributed by atoms with Gasteiger partial charge in [-0.1, -0.05) is 0 Å². The van der Waals surface area contributed by atoms with E-state index >= 15 is 0 Å². The van der Waals surface area contributed by atoms with Crippen LogP contribution in [0.2, 0.25) is 0 Å². The highest BCUT2D eigenvalue weighted by atomic mass is 16.3. The summed E-state index contributed by atoms with van der Waals surface area (Å²) in [6, 6.07) is 3.34. The molecule has 0 saturated heterocycles. The first-order chi connectivity index (χ1) is 5.74. The van der Waals surface area contributed by atoms with Gasteiger partial charge in [-0.25, -0.2) is 4.99 Å². The summed E-state index contributed by atoms with van der Waals surface area (Å²) in [5.41, 5.74) is 3.54. The molecule has 0 aliphatic rings. The van der Waals surface area contributed by atoms with Crippen molar-refractivity contribution in [2.24, 2.45) is 4.99 Å². The van der Waals surface area contributed by atoms with Crippen molar-refractivity contribution >= 4 is 12.0 Å². The molecule has 0 fully saturated rings. The fourth-order valence-corrected chi connectivity index (χ4v) is 0.766. The summed E-state index contributed by atoms with van der Waals surface area (Å²) in [7, 11) is 0. The van der Waals surface area contributed by atoms with Crippen LogP contribution in [0.4, 0.5) is 0 Å². The van der Waals surface area contributed by atoms with Gasteiger partial charge in [0.2, 0.25) is 0 Å². The molecule has 64 valence electrons. The molecular formula is C8H11N2O2+. The minimum Gasteiger partial charge on any atom is -0.452 e. The Bertz CT molecular complexity index is 302. The molecule has 0 spiro atoms. The van der Waals surface area contributed by atoms with Crippen molar-refractivity contribution in [1.29, 1.82) is 0 Å². The molecule has 1 aromatic heterocycles. The Morgan fingerprint density at radius 3 is 3.00 bits per heavy atom. The topological polar surface area (TPSA) is 70.2 Å². The van der Waals surface area contributed by atoms with Crippen LogP contribution in [0.25, 0.3) is 0 Å². The predicted octanol–water partition coefficient (Wildman–Crippen LogP) is 0.101. The van der Waals surface area contributed by atoms with Crippen LogP contribution in [-0.2, 0) is 0 Å². The molecule has 0 aliphatic heterocycles. The third-order valence-electron chi connectivity index (χ3n) is 1.32. The number of carbonyl (C=O) groups excluding carboxylic acids is 1. The number of furan rings is 1. The lowest BCUT2D eigenvalue weighted by Crippen LogP contribution is -2.49. The Morgan fingerprint density at radius 1 is 1.75 bits per heavy atom. The quantitative estimate of drug-likeness (QED) is 0.512. The van der Waals surface area contributed by atoms with Crippen molar-refractivity contribution in [3.8, 4) is 0 Å². The van der Waals surface area contributed by atoms with Gasteiger partial charge in [-0.05, 0) is 12.1 Å². The summed E-state index contributed by atoms with van der Waals surface area (Å²) in [6.45, 7) is 1.93. The van der Waals surface area contributed by atoms with Gasteiger partial charge < -0.3 is 10.2 Å². The monoisotopic (exact) mass is 167 g/mol. The molecule has 0 aliphatic carbocycles. The zero-order valence-electron chi connectivity index (χ0n) is 6.91. The van der Waals surface area contributed by atoms with Crippen molar-refractivity contribution in [3.05, 3.63) is 23.7 Å². The Kier molecular flexibility index (Phi) is 2.76. The van der Waals surface area contributed by atoms with E-state index in [2.05, 4.69) is 10.7 Å². The van der Waals surface area contributed by atoms with Gasteiger partial charge in [0.15, 0.2) is 18.2 Å². The molecule has 0 bridgehead atoms. The number of aliphatic imine (C=N–C) groups is 1. The highest BCUT2D eigenvalue weighted by molar-refractivity contribution is 5.92. The SMILES string of the molecule is CC(=O)c1ccc(/C=N/C[NH3+])o1. The van der Waals surface area contributed by atoms with Crippen LogP contribution in [-0.4, -0.2) is 18.7 Å². The standard InChI is InChI=1S/C8H10N2O2/c1-6(11)8-3-2-7(12-8)4-10-5-9/h2-4H,5,9H2,1H3/p+1/b10-4+. The van der Waals surface area contributed by atoms with Crippen LogP contribution in [0.1, 0.15) is 23.2 Å². The number of hydrogen-bond acceptors (Lipinski definition) is 3. The first-order valence-electron chi connectivity index (χ1n) is 3.64. The fraction of sp³-hybridized carbons (Fsp3) is 0.250. The van der Waals surface area contributed by atoms with Crippen molar-refractivity contribution in [2.45, 2.75) is 6.92 Å².